The topological polar surface area (TPSA) is 107 Å². The molecule has 0 radical (unpaired) electrons. The van der Waals surface area contributed by atoms with Crippen molar-refractivity contribution >= 4 is 29.0 Å². The largest absolute Gasteiger partial charge is 0.506 e. The molecule has 1 amide bonds. The van der Waals surface area contributed by atoms with Gasteiger partial charge in [0.25, 0.3) is 11.6 Å². The molecular weight excluding hydrogens is 286 g/mol. The quantitative estimate of drug-likeness (QED) is 0.302. The standard InChI is InChI=1S/C12H10ClN3O4/c1-15(2)12(18)9(6-14)11(17)8-4-3-7(16(19)20)5-10(8)13/h3-5,17H,1-2H3/b11-9-. The van der Waals surface area contributed by atoms with E-state index in [9.17, 15) is 20.0 Å². The number of hydrogen-bond acceptors (Lipinski definition) is 5. The average molecular weight is 296 g/mol. The van der Waals surface area contributed by atoms with Crippen LogP contribution in [0.3, 0.4) is 0 Å². The van der Waals surface area contributed by atoms with E-state index in [1.807, 2.05) is 0 Å². The van der Waals surface area contributed by atoms with E-state index in [0.717, 1.165) is 17.0 Å². The Kier molecular flexibility index (Phi) is 4.67. The normalized spacial score (nSPS) is 11.3. The molecule has 0 atom stereocenters. The Morgan fingerprint density at radius 2 is 2.10 bits per heavy atom. The van der Waals surface area contributed by atoms with Crippen LogP contribution >= 0.6 is 11.6 Å². The molecule has 0 saturated heterocycles. The molecule has 0 spiro atoms. The van der Waals surface area contributed by atoms with Gasteiger partial charge in [-0.25, -0.2) is 0 Å². The number of aliphatic hydroxyl groups is 1. The minimum atomic E-state index is -0.695. The molecule has 1 aromatic carbocycles. The maximum atomic E-state index is 11.7. The number of nitrogens with zero attached hydrogens (tertiary/aromatic N) is 3. The molecular formula is C12H10ClN3O4. The van der Waals surface area contributed by atoms with Crippen molar-refractivity contribution in [3.63, 3.8) is 0 Å². The van der Waals surface area contributed by atoms with Crippen LogP contribution in [0.4, 0.5) is 5.69 Å². The monoisotopic (exact) mass is 295 g/mol. The Morgan fingerprint density at radius 3 is 2.50 bits per heavy atom. The maximum Gasteiger partial charge on any atom is 0.270 e. The Morgan fingerprint density at radius 1 is 1.50 bits per heavy atom. The smallest absolute Gasteiger partial charge is 0.270 e. The van der Waals surface area contributed by atoms with Gasteiger partial charge in [0.1, 0.15) is 11.8 Å². The molecule has 0 aliphatic heterocycles. The van der Waals surface area contributed by atoms with Gasteiger partial charge >= 0.3 is 0 Å². The van der Waals surface area contributed by atoms with Crippen LogP contribution in [0.1, 0.15) is 5.56 Å². The molecule has 0 aliphatic rings. The fourth-order valence-electron chi connectivity index (χ4n) is 1.37. The lowest BCUT2D eigenvalue weighted by atomic mass is 10.1. The average Bonchev–Trinajstić information content (AvgIpc) is 2.38. The van der Waals surface area contributed by atoms with Gasteiger partial charge in [-0.2, -0.15) is 5.26 Å². The highest BCUT2D eigenvalue weighted by Crippen LogP contribution is 2.28. The SMILES string of the molecule is CN(C)C(=O)/C(C#N)=C(\O)c1ccc([N+](=O)[O-])cc1Cl. The molecule has 1 N–H and O–H groups in total. The molecule has 20 heavy (non-hydrogen) atoms. The summed E-state index contributed by atoms with van der Waals surface area (Å²) in [5, 5.41) is 29.4. The molecule has 1 aromatic rings. The molecule has 0 saturated carbocycles. The van der Waals surface area contributed by atoms with E-state index in [0.29, 0.717) is 0 Å². The summed E-state index contributed by atoms with van der Waals surface area (Å²) >= 11 is 5.82. The summed E-state index contributed by atoms with van der Waals surface area (Å²) in [4.78, 5) is 22.8. The van der Waals surface area contributed by atoms with E-state index >= 15 is 0 Å². The molecule has 7 nitrogen and oxygen atoms in total. The predicted octanol–water partition coefficient (Wildman–Crippen LogP) is 2.13. The van der Waals surface area contributed by atoms with Crippen molar-refractivity contribution in [2.75, 3.05) is 14.1 Å². The molecule has 0 heterocycles. The van der Waals surface area contributed by atoms with Crippen LogP contribution in [-0.4, -0.2) is 34.9 Å². The Bertz CT molecular complexity index is 647. The molecule has 0 aliphatic carbocycles. The van der Waals surface area contributed by atoms with Gasteiger partial charge in [0, 0.05) is 31.8 Å². The molecule has 0 unspecified atom stereocenters. The Hall–Kier alpha value is -2.59. The lowest BCUT2D eigenvalue weighted by Crippen LogP contribution is -2.23. The number of rotatable bonds is 3. The van der Waals surface area contributed by atoms with Crippen molar-refractivity contribution in [3.8, 4) is 6.07 Å². The molecule has 0 bridgehead atoms. The number of halogens is 1. The first kappa shape index (κ1) is 15.5. The second-order valence-corrected chi connectivity index (χ2v) is 4.36. The third-order valence-corrected chi connectivity index (χ3v) is 2.70. The highest BCUT2D eigenvalue weighted by molar-refractivity contribution is 6.32. The van der Waals surface area contributed by atoms with E-state index in [1.165, 1.54) is 20.2 Å². The zero-order chi connectivity index (χ0) is 15.4. The molecule has 1 rings (SSSR count). The van der Waals surface area contributed by atoms with Crippen LogP contribution in [0.15, 0.2) is 23.8 Å². The van der Waals surface area contributed by atoms with Gasteiger partial charge in [-0.1, -0.05) is 11.6 Å². The number of carbonyl (C=O) groups excluding carboxylic acids is 1. The van der Waals surface area contributed by atoms with Crippen molar-refractivity contribution in [2.24, 2.45) is 0 Å². The van der Waals surface area contributed by atoms with Gasteiger partial charge in [-0.3, -0.25) is 14.9 Å². The number of nitro benzene ring substituents is 1. The van der Waals surface area contributed by atoms with E-state index in [2.05, 4.69) is 0 Å². The van der Waals surface area contributed by atoms with Crippen LogP contribution in [0.2, 0.25) is 5.02 Å². The van der Waals surface area contributed by atoms with Crippen LogP contribution in [0.5, 0.6) is 0 Å². The highest BCUT2D eigenvalue weighted by atomic mass is 35.5. The molecule has 104 valence electrons. The van der Waals surface area contributed by atoms with E-state index in [-0.39, 0.29) is 16.3 Å². The highest BCUT2D eigenvalue weighted by Gasteiger charge is 2.21. The number of likely N-dealkylation sites (N-methyl/N-ethyl adjacent to an activating group) is 1. The second kappa shape index (κ2) is 6.04. The van der Waals surface area contributed by atoms with E-state index < -0.39 is 22.2 Å². The lowest BCUT2D eigenvalue weighted by molar-refractivity contribution is -0.384. The van der Waals surface area contributed by atoms with E-state index in [1.54, 1.807) is 6.07 Å². The van der Waals surface area contributed by atoms with Gasteiger partial charge in [-0.15, -0.1) is 0 Å². The number of hydrogen-bond donors (Lipinski definition) is 1. The first-order valence-electron chi connectivity index (χ1n) is 5.29. The zero-order valence-electron chi connectivity index (χ0n) is 10.6. The number of amides is 1. The summed E-state index contributed by atoms with van der Waals surface area (Å²) in [7, 11) is 2.84. The number of nitro groups is 1. The molecule has 0 aromatic heterocycles. The van der Waals surface area contributed by atoms with Gasteiger partial charge in [0.15, 0.2) is 5.57 Å². The van der Waals surface area contributed by atoms with Crippen molar-refractivity contribution in [3.05, 3.63) is 44.5 Å². The number of benzene rings is 1. The number of aliphatic hydroxyl groups excluding tert-OH is 1. The van der Waals surface area contributed by atoms with Crippen molar-refractivity contribution in [2.45, 2.75) is 0 Å². The maximum absolute atomic E-state index is 11.7. The van der Waals surface area contributed by atoms with Crippen molar-refractivity contribution in [1.29, 1.82) is 5.26 Å². The van der Waals surface area contributed by atoms with E-state index in [4.69, 9.17) is 16.9 Å². The third-order valence-electron chi connectivity index (χ3n) is 2.39. The van der Waals surface area contributed by atoms with Crippen LogP contribution < -0.4 is 0 Å². The Balaban J connectivity index is 3.40. The number of carbonyl (C=O) groups is 1. The summed E-state index contributed by atoms with van der Waals surface area (Å²) in [6.07, 6.45) is 0. The summed E-state index contributed by atoms with van der Waals surface area (Å²) in [5.74, 6) is -1.31. The van der Waals surface area contributed by atoms with Crippen LogP contribution in [-0.2, 0) is 4.79 Å². The molecule has 0 fully saturated rings. The number of non-ortho nitro benzene ring substituents is 1. The summed E-state index contributed by atoms with van der Waals surface area (Å²) in [6.45, 7) is 0. The minimum absolute atomic E-state index is 0.0241. The summed E-state index contributed by atoms with van der Waals surface area (Å²) in [5.41, 5.74) is -0.779. The first-order chi connectivity index (χ1) is 9.29. The second-order valence-electron chi connectivity index (χ2n) is 3.96. The zero-order valence-corrected chi connectivity index (χ0v) is 11.4. The fraction of sp³-hybridized carbons (Fsp3) is 0.167. The van der Waals surface area contributed by atoms with Gasteiger partial charge in [0.05, 0.1) is 9.95 Å². The summed E-state index contributed by atoms with van der Waals surface area (Å²) in [6, 6.07) is 4.92. The minimum Gasteiger partial charge on any atom is -0.506 e. The van der Waals surface area contributed by atoms with Gasteiger partial charge in [-0.05, 0) is 6.07 Å². The third kappa shape index (κ3) is 3.05. The lowest BCUT2D eigenvalue weighted by Gasteiger charge is -2.11. The van der Waals surface area contributed by atoms with Crippen molar-refractivity contribution in [1.82, 2.24) is 4.90 Å². The van der Waals surface area contributed by atoms with Gasteiger partial charge < -0.3 is 10.0 Å². The first-order valence-corrected chi connectivity index (χ1v) is 5.66. The van der Waals surface area contributed by atoms with Gasteiger partial charge in [0.2, 0.25) is 0 Å². The number of nitriles is 1. The summed E-state index contributed by atoms with van der Waals surface area (Å²) < 4.78 is 0. The fourth-order valence-corrected chi connectivity index (χ4v) is 1.63. The van der Waals surface area contributed by atoms with Crippen LogP contribution in [0, 0.1) is 21.4 Å². The Labute approximate surface area is 119 Å². The van der Waals surface area contributed by atoms with Crippen LogP contribution in [0.25, 0.3) is 5.76 Å². The molecule has 8 heteroatoms. The predicted molar refractivity (Wildman–Crippen MR) is 72.0 cm³/mol. The van der Waals surface area contributed by atoms with Crippen molar-refractivity contribution < 1.29 is 14.8 Å².